The summed E-state index contributed by atoms with van der Waals surface area (Å²) >= 11 is 0. The number of nitrogens with two attached hydrogens (primary N) is 1. The van der Waals surface area contributed by atoms with Crippen LogP contribution in [0.4, 0.5) is 0 Å². The van der Waals surface area contributed by atoms with Crippen LogP contribution in [0.5, 0.6) is 0 Å². The molecule has 0 radical (unpaired) electrons. The van der Waals surface area contributed by atoms with Gasteiger partial charge in [0.05, 0.1) is 5.92 Å². The molecule has 1 aliphatic carbocycles. The minimum atomic E-state index is -0.205. The van der Waals surface area contributed by atoms with Gasteiger partial charge in [-0.1, -0.05) is 30.7 Å². The molecule has 1 atom stereocenters. The van der Waals surface area contributed by atoms with Gasteiger partial charge in [-0.15, -0.1) is 0 Å². The van der Waals surface area contributed by atoms with Crippen LogP contribution in [0.2, 0.25) is 0 Å². The van der Waals surface area contributed by atoms with E-state index in [0.29, 0.717) is 0 Å². The first kappa shape index (κ1) is 14.0. The van der Waals surface area contributed by atoms with E-state index in [1.165, 1.54) is 24.8 Å². The van der Waals surface area contributed by atoms with E-state index < -0.39 is 0 Å². The van der Waals surface area contributed by atoms with Crippen molar-refractivity contribution in [1.82, 2.24) is 10.3 Å². The number of hydrogen-bond donors (Lipinski definition) is 2. The van der Waals surface area contributed by atoms with E-state index in [1.54, 1.807) is 0 Å². The number of amides is 1. The highest BCUT2D eigenvalue weighted by atomic mass is 16.2. The number of carbonyl (C=O) groups is 1. The Kier molecular flexibility index (Phi) is 4.56. The van der Waals surface area contributed by atoms with Gasteiger partial charge in [0, 0.05) is 12.6 Å². The van der Waals surface area contributed by atoms with E-state index in [-0.39, 0.29) is 11.8 Å². The first-order valence-electron chi connectivity index (χ1n) is 6.91. The van der Waals surface area contributed by atoms with E-state index >= 15 is 0 Å². The molecule has 1 fully saturated rings. The molecule has 0 heterocycles. The minimum Gasteiger partial charge on any atom is -0.299 e. The van der Waals surface area contributed by atoms with Crippen molar-refractivity contribution in [2.45, 2.75) is 44.7 Å². The fourth-order valence-electron chi connectivity index (χ4n) is 2.43. The van der Waals surface area contributed by atoms with Gasteiger partial charge >= 0.3 is 0 Å². The fraction of sp³-hybridized carbons (Fsp3) is 0.533. The van der Waals surface area contributed by atoms with Crippen LogP contribution in [0.15, 0.2) is 24.3 Å². The van der Waals surface area contributed by atoms with E-state index in [2.05, 4.69) is 29.5 Å². The molecule has 0 aliphatic heterocycles. The van der Waals surface area contributed by atoms with Crippen LogP contribution in [0.3, 0.4) is 0 Å². The predicted molar refractivity (Wildman–Crippen MR) is 76.3 cm³/mol. The zero-order valence-corrected chi connectivity index (χ0v) is 11.7. The zero-order chi connectivity index (χ0) is 13.8. The van der Waals surface area contributed by atoms with Crippen molar-refractivity contribution >= 4 is 5.91 Å². The second kappa shape index (κ2) is 6.17. The molecule has 0 aromatic heterocycles. The van der Waals surface area contributed by atoms with E-state index in [4.69, 9.17) is 5.84 Å². The molecule has 2 rings (SSSR count). The first-order chi connectivity index (χ1) is 9.11. The highest BCUT2D eigenvalue weighted by Crippen LogP contribution is 2.25. The third-order valence-corrected chi connectivity index (χ3v) is 4.15. The Labute approximate surface area is 114 Å². The third-order valence-electron chi connectivity index (χ3n) is 4.15. The van der Waals surface area contributed by atoms with Gasteiger partial charge in [0.15, 0.2) is 0 Å². The normalized spacial score (nSPS) is 17.1. The lowest BCUT2D eigenvalue weighted by atomic mass is 9.91. The number of nitrogens with one attached hydrogen (secondary N) is 1. The number of hydrogen-bond acceptors (Lipinski definition) is 3. The maximum Gasteiger partial charge on any atom is 0.241 e. The Bertz CT molecular complexity index is 426. The smallest absolute Gasteiger partial charge is 0.241 e. The van der Waals surface area contributed by atoms with Crippen molar-refractivity contribution in [2.24, 2.45) is 5.84 Å². The zero-order valence-electron chi connectivity index (χ0n) is 11.7. The van der Waals surface area contributed by atoms with Crippen molar-refractivity contribution in [3.05, 3.63) is 35.4 Å². The summed E-state index contributed by atoms with van der Waals surface area (Å²) in [5, 5.41) is 0. The molecule has 0 saturated heterocycles. The Hall–Kier alpha value is -1.39. The predicted octanol–water partition coefficient (Wildman–Crippen LogP) is 1.76. The second-order valence-electron chi connectivity index (χ2n) is 5.47. The summed E-state index contributed by atoms with van der Waals surface area (Å²) in [6, 6.07) is 8.99. The van der Waals surface area contributed by atoms with Gasteiger partial charge in [-0.2, -0.15) is 0 Å². The SMILES string of the molecule is CC(C(=O)NN)c1ccc(CN(C)C2CCC2)cc1. The van der Waals surface area contributed by atoms with Gasteiger partial charge in [0.1, 0.15) is 0 Å². The van der Waals surface area contributed by atoms with Crippen LogP contribution in [-0.4, -0.2) is 23.9 Å². The summed E-state index contributed by atoms with van der Waals surface area (Å²) in [5.41, 5.74) is 4.48. The van der Waals surface area contributed by atoms with Gasteiger partial charge in [-0.25, -0.2) is 5.84 Å². The van der Waals surface area contributed by atoms with E-state index in [1.807, 2.05) is 19.1 Å². The molecular weight excluding hydrogens is 238 g/mol. The highest BCUT2D eigenvalue weighted by molar-refractivity contribution is 5.82. The molecule has 1 unspecified atom stereocenters. The average molecular weight is 261 g/mol. The lowest BCUT2D eigenvalue weighted by Gasteiger charge is -2.34. The van der Waals surface area contributed by atoms with Gasteiger partial charge in [-0.3, -0.25) is 15.1 Å². The summed E-state index contributed by atoms with van der Waals surface area (Å²) < 4.78 is 0. The van der Waals surface area contributed by atoms with Crippen LogP contribution in [-0.2, 0) is 11.3 Å². The van der Waals surface area contributed by atoms with Crippen molar-refractivity contribution in [1.29, 1.82) is 0 Å². The molecular formula is C15H23N3O. The molecule has 1 aliphatic rings. The molecule has 1 aromatic rings. The lowest BCUT2D eigenvalue weighted by Crippen LogP contribution is -2.36. The van der Waals surface area contributed by atoms with E-state index in [9.17, 15) is 4.79 Å². The van der Waals surface area contributed by atoms with Crippen molar-refractivity contribution in [3.63, 3.8) is 0 Å². The lowest BCUT2D eigenvalue weighted by molar-refractivity contribution is -0.122. The Morgan fingerprint density at radius 2 is 2.05 bits per heavy atom. The molecule has 1 amide bonds. The number of carbonyl (C=O) groups excluding carboxylic acids is 1. The average Bonchev–Trinajstić information content (AvgIpc) is 2.35. The van der Waals surface area contributed by atoms with Crippen LogP contribution in [0.1, 0.15) is 43.2 Å². The molecule has 4 nitrogen and oxygen atoms in total. The maximum absolute atomic E-state index is 11.5. The number of hydrazine groups is 1. The summed E-state index contributed by atoms with van der Waals surface area (Å²) in [7, 11) is 2.18. The summed E-state index contributed by atoms with van der Waals surface area (Å²) in [5.74, 6) is 4.80. The van der Waals surface area contributed by atoms with Crippen LogP contribution in [0.25, 0.3) is 0 Å². The Morgan fingerprint density at radius 1 is 1.42 bits per heavy atom. The standard InChI is InChI=1S/C15H23N3O/c1-11(15(19)17-16)13-8-6-12(7-9-13)10-18(2)14-4-3-5-14/h6-9,11,14H,3-5,10,16H2,1-2H3,(H,17,19). The molecule has 19 heavy (non-hydrogen) atoms. The number of nitrogens with zero attached hydrogens (tertiary/aromatic N) is 1. The fourth-order valence-corrected chi connectivity index (χ4v) is 2.43. The second-order valence-corrected chi connectivity index (χ2v) is 5.47. The summed E-state index contributed by atoms with van der Waals surface area (Å²) in [6.45, 7) is 2.83. The number of benzene rings is 1. The molecule has 3 N–H and O–H groups in total. The molecule has 104 valence electrons. The summed E-state index contributed by atoms with van der Waals surface area (Å²) in [4.78, 5) is 13.9. The van der Waals surface area contributed by atoms with Crippen molar-refractivity contribution in [3.8, 4) is 0 Å². The first-order valence-corrected chi connectivity index (χ1v) is 6.91. The van der Waals surface area contributed by atoms with E-state index in [0.717, 1.165) is 18.2 Å². The summed E-state index contributed by atoms with van der Waals surface area (Å²) in [6.07, 6.45) is 4.00. The third kappa shape index (κ3) is 3.33. The maximum atomic E-state index is 11.5. The van der Waals surface area contributed by atoms with Gasteiger partial charge in [-0.05, 0) is 37.9 Å². The molecule has 0 spiro atoms. The monoisotopic (exact) mass is 261 g/mol. The Balaban J connectivity index is 1.95. The molecule has 1 aromatic carbocycles. The number of rotatable bonds is 5. The van der Waals surface area contributed by atoms with Crippen molar-refractivity contribution < 1.29 is 4.79 Å². The van der Waals surface area contributed by atoms with Gasteiger partial charge < -0.3 is 0 Å². The van der Waals surface area contributed by atoms with Crippen LogP contribution in [0, 0.1) is 0 Å². The minimum absolute atomic E-state index is 0.153. The van der Waals surface area contributed by atoms with Crippen molar-refractivity contribution in [2.75, 3.05) is 7.05 Å². The highest BCUT2D eigenvalue weighted by Gasteiger charge is 2.21. The molecule has 1 saturated carbocycles. The van der Waals surface area contributed by atoms with Gasteiger partial charge in [0.25, 0.3) is 0 Å². The van der Waals surface area contributed by atoms with Crippen LogP contribution >= 0.6 is 0 Å². The molecule has 0 bridgehead atoms. The van der Waals surface area contributed by atoms with Crippen LogP contribution < -0.4 is 11.3 Å². The molecule has 4 heteroatoms. The Morgan fingerprint density at radius 3 is 2.53 bits per heavy atom. The topological polar surface area (TPSA) is 58.4 Å². The van der Waals surface area contributed by atoms with Gasteiger partial charge in [0.2, 0.25) is 5.91 Å². The quantitative estimate of drug-likeness (QED) is 0.482. The largest absolute Gasteiger partial charge is 0.299 e.